The van der Waals surface area contributed by atoms with Gasteiger partial charge in [-0.2, -0.15) is 4.98 Å². The Morgan fingerprint density at radius 2 is 2.00 bits per heavy atom. The molecule has 0 aliphatic carbocycles. The highest BCUT2D eigenvalue weighted by atomic mass is 16.5. The van der Waals surface area contributed by atoms with E-state index in [-0.39, 0.29) is 12.5 Å². The lowest BCUT2D eigenvalue weighted by atomic mass is 10.1. The van der Waals surface area contributed by atoms with Crippen LogP contribution in [0.25, 0.3) is 0 Å². The van der Waals surface area contributed by atoms with Gasteiger partial charge in [0.15, 0.2) is 5.82 Å². The summed E-state index contributed by atoms with van der Waals surface area (Å²) in [6.07, 6.45) is 1.56. The molecule has 0 amide bonds. The quantitative estimate of drug-likeness (QED) is 0.799. The lowest BCUT2D eigenvalue weighted by Gasteiger charge is -1.98. The molecule has 0 spiro atoms. The minimum absolute atomic E-state index is 0.194. The van der Waals surface area contributed by atoms with Crippen LogP contribution in [-0.2, 0) is 12.8 Å². The number of nitrogens with two attached hydrogens (primary N) is 1. The van der Waals surface area contributed by atoms with Crippen LogP contribution in [0.5, 0.6) is 0 Å². The van der Waals surface area contributed by atoms with Crippen molar-refractivity contribution >= 4 is 0 Å². The Morgan fingerprint density at radius 1 is 1.24 bits per heavy atom. The van der Waals surface area contributed by atoms with E-state index >= 15 is 0 Å². The Bertz CT molecular complexity index is 456. The SMILES string of the molecule is N[C@H](CO)c1nc(CCc2ccccc2)no1. The minimum Gasteiger partial charge on any atom is -0.394 e. The lowest BCUT2D eigenvalue weighted by molar-refractivity contribution is 0.236. The largest absolute Gasteiger partial charge is 0.394 e. The second kappa shape index (κ2) is 5.56. The summed E-state index contributed by atoms with van der Waals surface area (Å²) in [5.41, 5.74) is 6.80. The molecule has 17 heavy (non-hydrogen) atoms. The molecule has 0 bridgehead atoms. The zero-order valence-electron chi connectivity index (χ0n) is 9.41. The summed E-state index contributed by atoms with van der Waals surface area (Å²) in [4.78, 5) is 4.13. The van der Waals surface area contributed by atoms with E-state index in [9.17, 15) is 0 Å². The van der Waals surface area contributed by atoms with Gasteiger partial charge in [0.25, 0.3) is 0 Å². The van der Waals surface area contributed by atoms with E-state index in [0.29, 0.717) is 12.2 Å². The van der Waals surface area contributed by atoms with Gasteiger partial charge in [-0.25, -0.2) is 0 Å². The van der Waals surface area contributed by atoms with E-state index < -0.39 is 6.04 Å². The van der Waals surface area contributed by atoms with Crippen molar-refractivity contribution in [3.8, 4) is 0 Å². The predicted octanol–water partition coefficient (Wildman–Crippen LogP) is 0.847. The molecule has 1 aromatic heterocycles. The van der Waals surface area contributed by atoms with E-state index in [2.05, 4.69) is 22.3 Å². The number of rotatable bonds is 5. The molecule has 1 heterocycles. The molecular weight excluding hydrogens is 218 g/mol. The summed E-state index contributed by atoms with van der Waals surface area (Å²) in [5.74, 6) is 0.906. The summed E-state index contributed by atoms with van der Waals surface area (Å²) in [6, 6.07) is 9.50. The first-order valence-electron chi connectivity index (χ1n) is 5.52. The summed E-state index contributed by atoms with van der Waals surface area (Å²) in [6.45, 7) is -0.194. The number of aromatic nitrogens is 2. The molecule has 0 fully saturated rings. The van der Waals surface area contributed by atoms with Gasteiger partial charge in [-0.3, -0.25) is 0 Å². The zero-order chi connectivity index (χ0) is 12.1. The van der Waals surface area contributed by atoms with Gasteiger partial charge in [-0.15, -0.1) is 0 Å². The number of aryl methyl sites for hydroxylation is 2. The van der Waals surface area contributed by atoms with Gasteiger partial charge in [-0.05, 0) is 12.0 Å². The van der Waals surface area contributed by atoms with Crippen LogP contribution in [0.3, 0.4) is 0 Å². The molecule has 0 radical (unpaired) electrons. The molecule has 5 heteroatoms. The molecule has 2 aromatic rings. The van der Waals surface area contributed by atoms with E-state index in [1.54, 1.807) is 0 Å². The first-order valence-corrected chi connectivity index (χ1v) is 5.52. The van der Waals surface area contributed by atoms with Crippen LogP contribution in [-0.4, -0.2) is 21.9 Å². The Hall–Kier alpha value is -1.72. The predicted molar refractivity (Wildman–Crippen MR) is 62.2 cm³/mol. The first kappa shape index (κ1) is 11.8. The number of hydrogen-bond acceptors (Lipinski definition) is 5. The Labute approximate surface area is 99.3 Å². The Morgan fingerprint density at radius 3 is 2.71 bits per heavy atom. The van der Waals surface area contributed by atoms with Crippen molar-refractivity contribution in [2.75, 3.05) is 6.61 Å². The Kier molecular flexibility index (Phi) is 3.85. The van der Waals surface area contributed by atoms with Crippen LogP contribution < -0.4 is 5.73 Å². The maximum Gasteiger partial charge on any atom is 0.245 e. The van der Waals surface area contributed by atoms with E-state index in [1.165, 1.54) is 5.56 Å². The maximum absolute atomic E-state index is 8.85. The van der Waals surface area contributed by atoms with Crippen molar-refractivity contribution < 1.29 is 9.63 Å². The van der Waals surface area contributed by atoms with E-state index in [0.717, 1.165) is 6.42 Å². The van der Waals surface area contributed by atoms with E-state index in [1.807, 2.05) is 18.2 Å². The monoisotopic (exact) mass is 233 g/mol. The van der Waals surface area contributed by atoms with Crippen LogP contribution >= 0.6 is 0 Å². The molecule has 0 saturated heterocycles. The van der Waals surface area contributed by atoms with Crippen LogP contribution in [0.4, 0.5) is 0 Å². The molecule has 5 nitrogen and oxygen atoms in total. The van der Waals surface area contributed by atoms with Crippen molar-refractivity contribution in [1.29, 1.82) is 0 Å². The summed E-state index contributed by atoms with van der Waals surface area (Å²) < 4.78 is 4.96. The van der Waals surface area contributed by atoms with Gasteiger partial charge in [0.2, 0.25) is 5.89 Å². The smallest absolute Gasteiger partial charge is 0.245 e. The zero-order valence-corrected chi connectivity index (χ0v) is 9.41. The molecule has 2 rings (SSSR count). The molecule has 1 aromatic carbocycles. The number of benzene rings is 1. The van der Waals surface area contributed by atoms with Crippen molar-refractivity contribution in [1.82, 2.24) is 10.1 Å². The van der Waals surface area contributed by atoms with Gasteiger partial charge in [0.1, 0.15) is 6.04 Å². The standard InChI is InChI=1S/C12H15N3O2/c13-10(8-16)12-14-11(15-17-12)7-6-9-4-2-1-3-5-9/h1-5,10,16H,6-8,13H2/t10-/m1/s1. The summed E-state index contributed by atoms with van der Waals surface area (Å²) >= 11 is 0. The van der Waals surface area contributed by atoms with Gasteiger partial charge in [0.05, 0.1) is 6.61 Å². The normalized spacial score (nSPS) is 12.6. The van der Waals surface area contributed by atoms with Crippen LogP contribution in [0, 0.1) is 0 Å². The fraction of sp³-hybridized carbons (Fsp3) is 0.333. The third-order valence-electron chi connectivity index (χ3n) is 2.48. The van der Waals surface area contributed by atoms with Crippen molar-refractivity contribution in [2.45, 2.75) is 18.9 Å². The first-order chi connectivity index (χ1) is 8.29. The van der Waals surface area contributed by atoms with Crippen molar-refractivity contribution in [3.63, 3.8) is 0 Å². The molecule has 3 N–H and O–H groups in total. The van der Waals surface area contributed by atoms with Crippen LogP contribution in [0.2, 0.25) is 0 Å². The average Bonchev–Trinajstić information content (AvgIpc) is 2.85. The van der Waals surface area contributed by atoms with Crippen molar-refractivity contribution in [3.05, 3.63) is 47.6 Å². The van der Waals surface area contributed by atoms with Gasteiger partial charge in [0, 0.05) is 6.42 Å². The minimum atomic E-state index is -0.590. The second-order valence-electron chi connectivity index (χ2n) is 3.82. The van der Waals surface area contributed by atoms with Crippen LogP contribution in [0.15, 0.2) is 34.9 Å². The van der Waals surface area contributed by atoms with Gasteiger partial charge >= 0.3 is 0 Å². The maximum atomic E-state index is 8.85. The number of nitrogens with zero attached hydrogens (tertiary/aromatic N) is 2. The van der Waals surface area contributed by atoms with Crippen LogP contribution in [0.1, 0.15) is 23.3 Å². The summed E-state index contributed by atoms with van der Waals surface area (Å²) in [7, 11) is 0. The highest BCUT2D eigenvalue weighted by molar-refractivity contribution is 5.15. The van der Waals surface area contributed by atoms with Gasteiger partial charge in [-0.1, -0.05) is 35.5 Å². The van der Waals surface area contributed by atoms with Crippen molar-refractivity contribution in [2.24, 2.45) is 5.73 Å². The summed E-state index contributed by atoms with van der Waals surface area (Å²) in [5, 5.41) is 12.7. The second-order valence-corrected chi connectivity index (χ2v) is 3.82. The fourth-order valence-corrected chi connectivity index (χ4v) is 1.50. The molecule has 0 saturated carbocycles. The number of aliphatic hydroxyl groups is 1. The molecular formula is C12H15N3O2. The molecule has 90 valence electrons. The highest BCUT2D eigenvalue weighted by Crippen LogP contribution is 2.09. The van der Waals surface area contributed by atoms with E-state index in [4.69, 9.17) is 15.4 Å². The van der Waals surface area contributed by atoms with Gasteiger partial charge < -0.3 is 15.4 Å². The topological polar surface area (TPSA) is 85.2 Å². The number of hydrogen-bond donors (Lipinski definition) is 2. The fourth-order valence-electron chi connectivity index (χ4n) is 1.50. The highest BCUT2D eigenvalue weighted by Gasteiger charge is 2.13. The third-order valence-corrected chi connectivity index (χ3v) is 2.48. The average molecular weight is 233 g/mol. The molecule has 0 unspecified atom stereocenters. The Balaban J connectivity index is 1.94. The number of aliphatic hydroxyl groups excluding tert-OH is 1. The molecule has 0 aliphatic rings. The lowest BCUT2D eigenvalue weighted by Crippen LogP contribution is -2.14. The molecule has 0 aliphatic heterocycles. The molecule has 1 atom stereocenters. The third kappa shape index (κ3) is 3.12.